The molecule has 1 saturated carbocycles. The lowest BCUT2D eigenvalue weighted by Gasteiger charge is -2.23. The molecule has 2 atom stereocenters. The second kappa shape index (κ2) is 4.57. The zero-order valence-electron chi connectivity index (χ0n) is 11.4. The molecule has 1 aliphatic carbocycles. The van der Waals surface area contributed by atoms with Gasteiger partial charge in [-0.2, -0.15) is 0 Å². The first-order valence-electron chi connectivity index (χ1n) is 6.28. The first-order valence-corrected chi connectivity index (χ1v) is 6.28. The summed E-state index contributed by atoms with van der Waals surface area (Å²) in [6.45, 7) is 5.92. The fourth-order valence-electron chi connectivity index (χ4n) is 2.62. The monoisotopic (exact) mass is 263 g/mol. The maximum atomic E-state index is 12.9. The summed E-state index contributed by atoms with van der Waals surface area (Å²) >= 11 is 0. The summed E-state index contributed by atoms with van der Waals surface area (Å²) in [5, 5.41) is 0. The van der Waals surface area contributed by atoms with Crippen LogP contribution in [0.15, 0.2) is 29.8 Å². The van der Waals surface area contributed by atoms with Crippen molar-refractivity contribution in [1.82, 2.24) is 0 Å². The van der Waals surface area contributed by atoms with E-state index < -0.39 is 11.0 Å². The van der Waals surface area contributed by atoms with Crippen LogP contribution in [0.2, 0.25) is 0 Å². The molecule has 0 aliphatic heterocycles. The van der Waals surface area contributed by atoms with Crippen molar-refractivity contribution in [1.29, 1.82) is 0 Å². The summed E-state index contributed by atoms with van der Waals surface area (Å²) < 4.78 is 18.9. The summed E-state index contributed by atoms with van der Waals surface area (Å²) in [5.74, 6) is 1.65. The van der Waals surface area contributed by atoms with Crippen LogP contribution in [0.5, 0.6) is 0 Å². The number of hydrogen-bond acceptors (Lipinski definition) is 3. The van der Waals surface area contributed by atoms with Gasteiger partial charge in [0.05, 0.1) is 11.7 Å². The van der Waals surface area contributed by atoms with Crippen LogP contribution in [0.4, 0.5) is 4.39 Å². The van der Waals surface area contributed by atoms with E-state index in [1.807, 2.05) is 26.7 Å². The number of rotatable bonds is 4. The Balaban J connectivity index is 2.21. The molecule has 0 aromatic heterocycles. The summed E-state index contributed by atoms with van der Waals surface area (Å²) in [4.78, 5) is 11.0. The first-order chi connectivity index (χ1) is 8.89. The normalized spacial score (nSPS) is 25.8. The van der Waals surface area contributed by atoms with Crippen LogP contribution >= 0.6 is 0 Å². The van der Waals surface area contributed by atoms with Gasteiger partial charge in [0.2, 0.25) is 0 Å². The molecule has 4 heteroatoms. The van der Waals surface area contributed by atoms with Gasteiger partial charge in [0.1, 0.15) is 17.4 Å². The summed E-state index contributed by atoms with van der Waals surface area (Å²) in [5.41, 5.74) is 6.05. The average Bonchev–Trinajstić information content (AvgIpc) is 2.85. The fourth-order valence-corrected chi connectivity index (χ4v) is 2.62. The van der Waals surface area contributed by atoms with Crippen molar-refractivity contribution in [3.05, 3.63) is 41.2 Å². The molecule has 1 aromatic rings. The Morgan fingerprint density at radius 1 is 1.37 bits per heavy atom. The van der Waals surface area contributed by atoms with E-state index in [0.29, 0.717) is 5.57 Å². The smallest absolute Gasteiger partial charge is 0.127 e. The van der Waals surface area contributed by atoms with E-state index in [1.165, 1.54) is 12.1 Å². The molecule has 0 amide bonds. The third kappa shape index (κ3) is 2.02. The molecular formula is C15H18FNO2. The van der Waals surface area contributed by atoms with Crippen LogP contribution in [0.1, 0.15) is 32.4 Å². The minimum Gasteiger partial charge on any atom is -0.360 e. The van der Waals surface area contributed by atoms with E-state index in [2.05, 4.69) is 0 Å². The molecule has 102 valence electrons. The third-order valence-electron chi connectivity index (χ3n) is 4.08. The van der Waals surface area contributed by atoms with Gasteiger partial charge in [-0.15, -0.1) is 0 Å². The number of benzene rings is 1. The molecule has 0 bridgehead atoms. The quantitative estimate of drug-likeness (QED) is 0.849. The van der Waals surface area contributed by atoms with Gasteiger partial charge in [-0.1, -0.05) is 26.0 Å². The van der Waals surface area contributed by atoms with Crippen molar-refractivity contribution in [3.63, 3.8) is 0 Å². The first kappa shape index (κ1) is 13.9. The van der Waals surface area contributed by atoms with Crippen molar-refractivity contribution in [2.24, 2.45) is 11.1 Å². The van der Waals surface area contributed by atoms with E-state index in [1.54, 1.807) is 12.1 Å². The Hall–Kier alpha value is -1.48. The highest BCUT2D eigenvalue weighted by Gasteiger charge is 2.69. The van der Waals surface area contributed by atoms with E-state index in [9.17, 15) is 9.18 Å². The summed E-state index contributed by atoms with van der Waals surface area (Å²) in [6.07, 6.45) is -0.269. The number of halogens is 1. The molecule has 2 N–H and O–H groups in total. The lowest BCUT2D eigenvalue weighted by atomic mass is 10.1. The van der Waals surface area contributed by atoms with Crippen LogP contribution in [-0.2, 0) is 9.53 Å². The highest BCUT2D eigenvalue weighted by atomic mass is 19.1. The second-order valence-electron chi connectivity index (χ2n) is 5.44. The van der Waals surface area contributed by atoms with E-state index in [4.69, 9.17) is 10.5 Å². The largest absolute Gasteiger partial charge is 0.360 e. The fraction of sp³-hybridized carbons (Fsp3) is 0.467. The van der Waals surface area contributed by atoms with Crippen LogP contribution in [0.25, 0.3) is 0 Å². The molecule has 3 nitrogen and oxygen atoms in total. The third-order valence-corrected chi connectivity index (χ3v) is 4.08. The molecule has 2 rings (SSSR count). The number of carbonyl (C=O) groups excluding carboxylic acids is 1. The average molecular weight is 263 g/mol. The second-order valence-corrected chi connectivity index (χ2v) is 5.44. The molecule has 19 heavy (non-hydrogen) atoms. The SMILES string of the molecule is CC(OC1(CN)C(=C=O)C1(C)C)c1ccc(F)cc1. The Kier molecular flexibility index (Phi) is 3.35. The van der Waals surface area contributed by atoms with Gasteiger partial charge in [0, 0.05) is 12.0 Å². The zero-order chi connectivity index (χ0) is 14.3. The lowest BCUT2D eigenvalue weighted by molar-refractivity contribution is -0.0330. The highest BCUT2D eigenvalue weighted by molar-refractivity contribution is 5.70. The van der Waals surface area contributed by atoms with E-state index in [0.717, 1.165) is 5.56 Å². The Bertz CT molecular complexity index is 532. The Labute approximate surface area is 112 Å². The molecule has 0 heterocycles. The molecule has 0 spiro atoms. The molecule has 1 aromatic carbocycles. The van der Waals surface area contributed by atoms with E-state index >= 15 is 0 Å². The molecule has 0 saturated heterocycles. The lowest BCUT2D eigenvalue weighted by Crippen LogP contribution is -2.32. The summed E-state index contributed by atoms with van der Waals surface area (Å²) in [6, 6.07) is 6.12. The molecule has 1 fully saturated rings. The van der Waals surface area contributed by atoms with Gasteiger partial charge in [-0.05, 0) is 24.6 Å². The van der Waals surface area contributed by atoms with Gasteiger partial charge in [-0.3, -0.25) is 0 Å². The van der Waals surface area contributed by atoms with Gasteiger partial charge < -0.3 is 10.5 Å². The molecule has 0 radical (unpaired) electrons. The van der Waals surface area contributed by atoms with Crippen LogP contribution in [-0.4, -0.2) is 18.1 Å². The van der Waals surface area contributed by atoms with Crippen LogP contribution in [0, 0.1) is 11.2 Å². The van der Waals surface area contributed by atoms with Gasteiger partial charge in [0.25, 0.3) is 0 Å². The van der Waals surface area contributed by atoms with Gasteiger partial charge in [0.15, 0.2) is 0 Å². The highest BCUT2D eigenvalue weighted by Crippen LogP contribution is 2.63. The molecule has 1 aliphatic rings. The molecular weight excluding hydrogens is 245 g/mol. The van der Waals surface area contributed by atoms with Crippen molar-refractivity contribution >= 4 is 5.94 Å². The number of nitrogens with two attached hydrogens (primary N) is 1. The number of hydrogen-bond donors (Lipinski definition) is 1. The maximum Gasteiger partial charge on any atom is 0.127 e. The zero-order valence-corrected chi connectivity index (χ0v) is 11.4. The van der Waals surface area contributed by atoms with Crippen LogP contribution < -0.4 is 5.73 Å². The number of ether oxygens (including phenoxy) is 1. The van der Waals surface area contributed by atoms with E-state index in [-0.39, 0.29) is 18.5 Å². The Morgan fingerprint density at radius 3 is 2.37 bits per heavy atom. The van der Waals surface area contributed by atoms with Crippen molar-refractivity contribution in [2.75, 3.05) is 6.54 Å². The summed E-state index contributed by atoms with van der Waals surface area (Å²) in [7, 11) is 0. The standard InChI is InChI=1S/C15H18FNO2/c1-10(11-4-6-12(16)7-5-11)19-15(9-17)13(8-18)14(15,2)3/h4-7,10H,9,17H2,1-3H3. The predicted molar refractivity (Wildman–Crippen MR) is 70.7 cm³/mol. The molecule has 2 unspecified atom stereocenters. The van der Waals surface area contributed by atoms with Crippen molar-refractivity contribution in [2.45, 2.75) is 32.5 Å². The van der Waals surface area contributed by atoms with Crippen molar-refractivity contribution < 1.29 is 13.9 Å². The topological polar surface area (TPSA) is 52.3 Å². The predicted octanol–water partition coefficient (Wildman–Crippen LogP) is 2.40. The maximum absolute atomic E-state index is 12.9. The van der Waals surface area contributed by atoms with Gasteiger partial charge >= 0.3 is 0 Å². The minimum atomic E-state index is -0.747. The van der Waals surface area contributed by atoms with Crippen molar-refractivity contribution in [3.8, 4) is 0 Å². The minimum absolute atomic E-state index is 0.232. The van der Waals surface area contributed by atoms with Crippen LogP contribution in [0.3, 0.4) is 0 Å². The van der Waals surface area contributed by atoms with Gasteiger partial charge in [-0.25, -0.2) is 9.18 Å². The Morgan fingerprint density at radius 2 is 1.95 bits per heavy atom.